The summed E-state index contributed by atoms with van der Waals surface area (Å²) < 4.78 is 49.0. The number of imidazole rings is 1. The van der Waals surface area contributed by atoms with E-state index in [-0.39, 0.29) is 18.0 Å². The average Bonchev–Trinajstić information content (AvgIpc) is 3.64. The summed E-state index contributed by atoms with van der Waals surface area (Å²) in [5.41, 5.74) is 0.292. The maximum Gasteiger partial charge on any atom is 0.418 e. The second-order valence-corrected chi connectivity index (χ2v) is 11.0. The van der Waals surface area contributed by atoms with Crippen LogP contribution in [-0.4, -0.2) is 49.9 Å². The summed E-state index contributed by atoms with van der Waals surface area (Å²) in [4.78, 5) is 19.9. The minimum Gasteiger partial charge on any atom is -0.320 e. The van der Waals surface area contributed by atoms with Crippen LogP contribution in [0.2, 0.25) is 0 Å². The average molecular weight is 564 g/mol. The molecule has 7 rings (SSSR count). The zero-order valence-corrected chi connectivity index (χ0v) is 22.4. The molecular weight excluding hydrogens is 535 g/mol. The Morgan fingerprint density at radius 2 is 1.98 bits per heavy atom. The molecule has 5 heterocycles. The Bertz CT molecular complexity index is 1790. The summed E-state index contributed by atoms with van der Waals surface area (Å²) >= 11 is 0. The fraction of sp³-hybridized carbons (Fsp3) is 0.393. The van der Waals surface area contributed by atoms with Crippen LogP contribution in [0.1, 0.15) is 53.5 Å². The first-order chi connectivity index (χ1) is 19.8. The van der Waals surface area contributed by atoms with Crippen LogP contribution in [0.3, 0.4) is 0 Å². The molecule has 41 heavy (non-hydrogen) atoms. The molecule has 5 aromatic rings. The van der Waals surface area contributed by atoms with Gasteiger partial charge in [0.25, 0.3) is 0 Å². The van der Waals surface area contributed by atoms with Gasteiger partial charge in [-0.2, -0.15) is 18.3 Å². The summed E-state index contributed by atoms with van der Waals surface area (Å²) in [5.74, 6) is 1.97. The van der Waals surface area contributed by atoms with Gasteiger partial charge in [-0.1, -0.05) is 18.6 Å². The lowest BCUT2D eigenvalue weighted by atomic mass is 9.72. The number of fused-ring (bicyclic) bond motifs is 2. The van der Waals surface area contributed by atoms with E-state index in [1.54, 1.807) is 17.1 Å². The largest absolute Gasteiger partial charge is 0.418 e. The fourth-order valence-corrected chi connectivity index (χ4v) is 6.10. The normalized spacial score (nSPS) is 17.1. The van der Waals surface area contributed by atoms with Crippen LogP contribution >= 0.6 is 0 Å². The molecule has 0 N–H and O–H groups in total. The third kappa shape index (κ3) is 4.53. The number of pyridine rings is 1. The van der Waals surface area contributed by atoms with Crippen molar-refractivity contribution in [2.75, 3.05) is 6.54 Å². The molecule has 4 aromatic heterocycles. The van der Waals surface area contributed by atoms with Crippen LogP contribution < -0.4 is 5.69 Å². The highest BCUT2D eigenvalue weighted by Crippen LogP contribution is 2.43. The van der Waals surface area contributed by atoms with Crippen LogP contribution in [0.5, 0.6) is 0 Å². The first-order valence-electron chi connectivity index (χ1n) is 13.6. The number of halogens is 3. The summed E-state index contributed by atoms with van der Waals surface area (Å²) in [6.07, 6.45) is 4.58. The Labute approximate surface area is 232 Å². The molecule has 0 bridgehead atoms. The van der Waals surface area contributed by atoms with Gasteiger partial charge in [0.1, 0.15) is 24.3 Å². The quantitative estimate of drug-likeness (QED) is 0.313. The van der Waals surface area contributed by atoms with Crippen molar-refractivity contribution in [2.24, 2.45) is 13.0 Å². The highest BCUT2D eigenvalue weighted by molar-refractivity contribution is 5.58. The van der Waals surface area contributed by atoms with E-state index in [0.29, 0.717) is 36.8 Å². The lowest BCUT2D eigenvalue weighted by Crippen LogP contribution is -2.34. The van der Waals surface area contributed by atoms with Gasteiger partial charge < -0.3 is 4.57 Å². The number of aryl methyl sites for hydroxylation is 1. The van der Waals surface area contributed by atoms with Crippen molar-refractivity contribution in [3.63, 3.8) is 0 Å². The third-order valence-corrected chi connectivity index (χ3v) is 8.38. The molecule has 1 atom stereocenters. The Morgan fingerprint density at radius 3 is 2.71 bits per heavy atom. The molecule has 1 aromatic carbocycles. The number of rotatable bonds is 6. The lowest BCUT2D eigenvalue weighted by molar-refractivity contribution is -0.136. The van der Waals surface area contributed by atoms with Crippen molar-refractivity contribution in [2.45, 2.75) is 51.0 Å². The van der Waals surface area contributed by atoms with Crippen LogP contribution in [0.4, 0.5) is 13.2 Å². The molecular formula is C28H28F3N9O. The molecule has 212 valence electrons. The van der Waals surface area contributed by atoms with Crippen molar-refractivity contribution < 1.29 is 13.2 Å². The molecule has 2 aliphatic rings. The third-order valence-electron chi connectivity index (χ3n) is 8.38. The predicted molar refractivity (Wildman–Crippen MR) is 142 cm³/mol. The molecule has 10 nitrogen and oxygen atoms in total. The predicted octanol–water partition coefficient (Wildman–Crippen LogP) is 3.78. The van der Waals surface area contributed by atoms with Gasteiger partial charge in [0.2, 0.25) is 0 Å². The van der Waals surface area contributed by atoms with E-state index in [4.69, 9.17) is 0 Å². The van der Waals surface area contributed by atoms with E-state index in [1.165, 1.54) is 23.3 Å². The lowest BCUT2D eigenvalue weighted by Gasteiger charge is -2.33. The number of aromatic nitrogens is 8. The van der Waals surface area contributed by atoms with Crippen molar-refractivity contribution in [1.82, 2.24) is 43.4 Å². The molecule has 1 aliphatic heterocycles. The van der Waals surface area contributed by atoms with Crippen LogP contribution in [0.25, 0.3) is 11.2 Å². The van der Waals surface area contributed by atoms with E-state index in [0.717, 1.165) is 46.9 Å². The highest BCUT2D eigenvalue weighted by Gasteiger charge is 2.35. The van der Waals surface area contributed by atoms with E-state index in [2.05, 4.69) is 20.3 Å². The number of nitrogens with zero attached hydrogens (tertiary/aromatic N) is 9. The Balaban J connectivity index is 1.28. The highest BCUT2D eigenvalue weighted by atomic mass is 19.4. The molecule has 0 saturated heterocycles. The van der Waals surface area contributed by atoms with Gasteiger partial charge >= 0.3 is 11.9 Å². The topological polar surface area (TPSA) is 91.1 Å². The van der Waals surface area contributed by atoms with E-state index < -0.39 is 17.4 Å². The zero-order valence-electron chi connectivity index (χ0n) is 22.4. The summed E-state index contributed by atoms with van der Waals surface area (Å²) in [7, 11) is 1.90. The number of hydrogen-bond donors (Lipinski definition) is 0. The minimum absolute atomic E-state index is 0.0170. The molecule has 0 radical (unpaired) electrons. The Kier molecular flexibility index (Phi) is 6.07. The molecule has 13 heteroatoms. The van der Waals surface area contributed by atoms with Gasteiger partial charge in [-0.15, -0.1) is 10.2 Å². The fourth-order valence-electron chi connectivity index (χ4n) is 6.10. The number of alkyl halides is 3. The molecule has 0 unspecified atom stereocenters. The van der Waals surface area contributed by atoms with Crippen LogP contribution in [0.15, 0.2) is 60.2 Å². The van der Waals surface area contributed by atoms with Crippen molar-refractivity contribution in [3.8, 4) is 5.69 Å². The van der Waals surface area contributed by atoms with Gasteiger partial charge in [-0.05, 0) is 48.1 Å². The summed E-state index contributed by atoms with van der Waals surface area (Å²) in [6.45, 7) is 1.94. The van der Waals surface area contributed by atoms with Crippen molar-refractivity contribution >= 4 is 5.52 Å². The molecule has 1 fully saturated rings. The monoisotopic (exact) mass is 563 g/mol. The molecule has 0 amide bonds. The van der Waals surface area contributed by atoms with Crippen LogP contribution in [-0.2, 0) is 32.9 Å². The Hall–Kier alpha value is -4.26. The Morgan fingerprint density at radius 1 is 1.12 bits per heavy atom. The van der Waals surface area contributed by atoms with Gasteiger partial charge in [-0.25, -0.2) is 14.5 Å². The van der Waals surface area contributed by atoms with Crippen molar-refractivity contribution in [3.05, 3.63) is 94.2 Å². The van der Waals surface area contributed by atoms with Gasteiger partial charge in [-0.3, -0.25) is 13.9 Å². The molecule has 1 saturated carbocycles. The minimum atomic E-state index is -4.63. The van der Waals surface area contributed by atoms with Crippen LogP contribution in [0, 0.1) is 5.92 Å². The van der Waals surface area contributed by atoms with Gasteiger partial charge in [0.05, 0.1) is 29.9 Å². The summed E-state index contributed by atoms with van der Waals surface area (Å²) in [6, 6.07) is 8.61. The van der Waals surface area contributed by atoms with Crippen molar-refractivity contribution in [1.29, 1.82) is 0 Å². The standard InChI is InChI=1S/C28H28F3N9O/c1-36-17-33-35-26(36)25(19-4-2-5-19)20-6-3-7-21(11-20)38-14-23-22(28(29,30)31)10-18(13-39(23)27(38)41)12-37-8-9-40-24(15-37)32-16-34-40/h3,6-7,10-11,13-14,16-17,19,25H,2,4-5,8-9,12,15H2,1H3/t25-/m1/s1. The van der Waals surface area contributed by atoms with E-state index in [9.17, 15) is 18.0 Å². The van der Waals surface area contributed by atoms with E-state index in [1.807, 2.05) is 34.7 Å². The van der Waals surface area contributed by atoms with Gasteiger partial charge in [0, 0.05) is 38.4 Å². The van der Waals surface area contributed by atoms with Gasteiger partial charge in [0.15, 0.2) is 0 Å². The second kappa shape index (κ2) is 9.68. The zero-order chi connectivity index (χ0) is 28.3. The summed E-state index contributed by atoms with van der Waals surface area (Å²) in [5, 5.41) is 12.6. The molecule has 1 aliphatic carbocycles. The second-order valence-electron chi connectivity index (χ2n) is 11.0. The number of benzene rings is 1. The maximum absolute atomic E-state index is 14.3. The van der Waals surface area contributed by atoms with E-state index >= 15 is 0 Å². The first kappa shape index (κ1) is 25.7. The maximum atomic E-state index is 14.3. The first-order valence-corrected chi connectivity index (χ1v) is 13.6. The molecule has 0 spiro atoms. The smallest absolute Gasteiger partial charge is 0.320 e. The SMILES string of the molecule is Cn1cnnc1[C@@H](c1cccc(-n2cc3c(C(F)(F)F)cc(CN4CCn5ncnc5C4)cn3c2=O)c1)C1CCC1. The number of hydrogen-bond acceptors (Lipinski definition) is 6.